The van der Waals surface area contributed by atoms with Crippen LogP contribution in [-0.2, 0) is 4.79 Å². The van der Waals surface area contributed by atoms with E-state index >= 15 is 0 Å². The molecule has 1 unspecified atom stereocenters. The minimum Gasteiger partial charge on any atom is -0.481 e. The van der Waals surface area contributed by atoms with Gasteiger partial charge >= 0.3 is 0 Å². The lowest BCUT2D eigenvalue weighted by Crippen LogP contribution is -2.50. The Bertz CT molecular complexity index is 951. The molecule has 1 aromatic rings. The van der Waals surface area contributed by atoms with Crippen molar-refractivity contribution in [2.75, 3.05) is 14.2 Å². The van der Waals surface area contributed by atoms with E-state index in [0.717, 1.165) is 38.5 Å². The summed E-state index contributed by atoms with van der Waals surface area (Å²) in [5.41, 5.74) is -0.276. The third-order valence-electron chi connectivity index (χ3n) is 8.11. The summed E-state index contributed by atoms with van der Waals surface area (Å²) < 4.78 is 5.14. The predicted molar refractivity (Wildman–Crippen MR) is 136 cm³/mol. The van der Waals surface area contributed by atoms with Crippen molar-refractivity contribution in [2.24, 2.45) is 11.8 Å². The number of rotatable bonds is 8. The van der Waals surface area contributed by atoms with Crippen LogP contribution in [0.5, 0.6) is 5.88 Å². The van der Waals surface area contributed by atoms with Crippen molar-refractivity contribution in [3.8, 4) is 5.88 Å². The van der Waals surface area contributed by atoms with Crippen molar-refractivity contribution >= 4 is 29.4 Å². The fraction of sp³-hybridized carbons (Fsp3) is 0.692. The molecule has 9 heteroatoms. The molecule has 2 saturated carbocycles. The van der Waals surface area contributed by atoms with Gasteiger partial charge in [-0.2, -0.15) is 0 Å². The molecule has 3 aliphatic rings. The van der Waals surface area contributed by atoms with Gasteiger partial charge < -0.3 is 15.4 Å². The lowest BCUT2D eigenvalue weighted by molar-refractivity contribution is -0.131. The van der Waals surface area contributed by atoms with Crippen LogP contribution >= 0.6 is 11.6 Å². The quantitative estimate of drug-likeness (QED) is 0.452. The molecule has 0 aromatic carbocycles. The molecule has 2 aliphatic carbocycles. The number of pyridine rings is 1. The standard InChI is InChI=1S/C26H38ClN5O3/c1-32-24(34)26(31-25(32)28,12-11-17-7-4-3-5-8-17)16-18-9-6-10-20(13-18)29-23(33)19-14-21(27)30-22(15-19)35-2/h14-15,17-18,20H,3-13,16H2,1-2H3,(H2,28,31)(H,29,33)/t18-,20?,26+/m0/s1. The summed E-state index contributed by atoms with van der Waals surface area (Å²) in [5.74, 6) is 1.30. The Balaban J connectivity index is 1.41. The molecule has 3 N–H and O–H groups in total. The van der Waals surface area contributed by atoms with Gasteiger partial charge in [-0.25, -0.2) is 4.98 Å². The van der Waals surface area contributed by atoms with Gasteiger partial charge in [0, 0.05) is 24.7 Å². The van der Waals surface area contributed by atoms with Crippen molar-refractivity contribution in [1.29, 1.82) is 5.41 Å². The number of likely N-dealkylation sites (N-methyl/N-ethyl adjacent to an activating group) is 1. The van der Waals surface area contributed by atoms with Crippen molar-refractivity contribution in [3.63, 3.8) is 0 Å². The van der Waals surface area contributed by atoms with Crippen LogP contribution in [0, 0.1) is 17.2 Å². The Morgan fingerprint density at radius 3 is 2.66 bits per heavy atom. The van der Waals surface area contributed by atoms with Crippen LogP contribution in [0.2, 0.25) is 5.15 Å². The summed E-state index contributed by atoms with van der Waals surface area (Å²) in [6, 6.07) is 3.16. The number of amides is 2. The topological polar surface area (TPSA) is 107 Å². The zero-order valence-electron chi connectivity index (χ0n) is 20.9. The molecule has 2 amide bonds. The molecule has 8 nitrogen and oxygen atoms in total. The molecule has 0 spiro atoms. The first-order chi connectivity index (χ1) is 16.8. The first-order valence-corrected chi connectivity index (χ1v) is 13.3. The zero-order chi connectivity index (χ0) is 25.0. The van der Waals surface area contributed by atoms with E-state index in [2.05, 4.69) is 15.6 Å². The van der Waals surface area contributed by atoms with Crippen LogP contribution in [0.1, 0.15) is 87.4 Å². The molecule has 1 saturated heterocycles. The van der Waals surface area contributed by atoms with E-state index in [1.165, 1.54) is 44.1 Å². The second-order valence-electron chi connectivity index (χ2n) is 10.6. The van der Waals surface area contributed by atoms with E-state index in [4.69, 9.17) is 21.7 Å². The van der Waals surface area contributed by atoms with Crippen LogP contribution in [0.4, 0.5) is 0 Å². The highest BCUT2D eigenvalue weighted by Gasteiger charge is 2.49. The maximum atomic E-state index is 13.3. The van der Waals surface area contributed by atoms with E-state index in [-0.39, 0.29) is 29.0 Å². The molecule has 3 fully saturated rings. The van der Waals surface area contributed by atoms with E-state index in [1.807, 2.05) is 0 Å². The monoisotopic (exact) mass is 503 g/mol. The van der Waals surface area contributed by atoms with Crippen LogP contribution in [0.15, 0.2) is 12.1 Å². The average Bonchev–Trinajstić information content (AvgIpc) is 3.06. The largest absolute Gasteiger partial charge is 0.481 e. The van der Waals surface area contributed by atoms with Gasteiger partial charge in [-0.15, -0.1) is 0 Å². The van der Waals surface area contributed by atoms with Crippen molar-refractivity contribution < 1.29 is 14.3 Å². The molecule has 1 aromatic heterocycles. The van der Waals surface area contributed by atoms with E-state index in [1.54, 1.807) is 19.2 Å². The summed E-state index contributed by atoms with van der Waals surface area (Å²) in [5, 5.41) is 14.9. The molecule has 3 atom stereocenters. The third kappa shape index (κ3) is 6.08. The number of hydrogen-bond donors (Lipinski definition) is 3. The van der Waals surface area contributed by atoms with Crippen molar-refractivity contribution in [1.82, 2.24) is 20.5 Å². The van der Waals surface area contributed by atoms with E-state index in [0.29, 0.717) is 29.7 Å². The van der Waals surface area contributed by atoms with Gasteiger partial charge in [0.05, 0.1) is 7.11 Å². The highest BCUT2D eigenvalue weighted by molar-refractivity contribution is 6.29. The highest BCUT2D eigenvalue weighted by Crippen LogP contribution is 2.38. The van der Waals surface area contributed by atoms with E-state index < -0.39 is 5.54 Å². The van der Waals surface area contributed by atoms with E-state index in [9.17, 15) is 9.59 Å². The van der Waals surface area contributed by atoms with Gasteiger partial charge in [-0.1, -0.05) is 56.5 Å². The number of hydrogen-bond acceptors (Lipinski definition) is 5. The van der Waals surface area contributed by atoms with Crippen LogP contribution in [0.25, 0.3) is 0 Å². The number of ether oxygens (including phenoxy) is 1. The van der Waals surface area contributed by atoms with Crippen LogP contribution in [-0.4, -0.2) is 53.4 Å². The van der Waals surface area contributed by atoms with Crippen LogP contribution in [0.3, 0.4) is 0 Å². The molecule has 0 radical (unpaired) electrons. The molecule has 4 rings (SSSR count). The van der Waals surface area contributed by atoms with Gasteiger partial charge in [0.1, 0.15) is 10.7 Å². The highest BCUT2D eigenvalue weighted by atomic mass is 35.5. The molecular formula is C26H38ClN5O3. The van der Waals surface area contributed by atoms with Crippen LogP contribution < -0.4 is 15.4 Å². The molecule has 35 heavy (non-hydrogen) atoms. The van der Waals surface area contributed by atoms with Gasteiger partial charge in [0.25, 0.3) is 11.8 Å². The second-order valence-corrected chi connectivity index (χ2v) is 11.0. The van der Waals surface area contributed by atoms with Gasteiger partial charge in [0.2, 0.25) is 5.88 Å². The molecular weight excluding hydrogens is 466 g/mol. The fourth-order valence-electron chi connectivity index (χ4n) is 6.20. The number of carbonyl (C=O) groups excluding carboxylic acids is 2. The number of halogens is 1. The summed E-state index contributed by atoms with van der Waals surface area (Å²) >= 11 is 6.04. The average molecular weight is 504 g/mol. The Hall–Kier alpha value is -2.35. The minimum absolute atomic E-state index is 0.0167. The Labute approximate surface area is 213 Å². The molecule has 1 aliphatic heterocycles. The normalized spacial score (nSPS) is 27.6. The first kappa shape index (κ1) is 25.7. The molecule has 192 valence electrons. The van der Waals surface area contributed by atoms with Gasteiger partial charge in [0.15, 0.2) is 5.96 Å². The predicted octanol–water partition coefficient (Wildman–Crippen LogP) is 4.52. The Kier molecular flexibility index (Phi) is 8.19. The maximum absolute atomic E-state index is 13.3. The number of aromatic nitrogens is 1. The lowest BCUT2D eigenvalue weighted by Gasteiger charge is -2.36. The number of nitrogens with one attached hydrogen (secondary N) is 3. The third-order valence-corrected chi connectivity index (χ3v) is 8.30. The second kappa shape index (κ2) is 11.1. The summed E-state index contributed by atoms with van der Waals surface area (Å²) in [6.07, 6.45) is 12.6. The number of nitrogens with zero attached hydrogens (tertiary/aromatic N) is 2. The molecule has 2 heterocycles. The fourth-order valence-corrected chi connectivity index (χ4v) is 6.40. The van der Waals surface area contributed by atoms with Crippen molar-refractivity contribution in [3.05, 3.63) is 22.8 Å². The minimum atomic E-state index is -0.703. The summed E-state index contributed by atoms with van der Waals surface area (Å²) in [6.45, 7) is 0. The van der Waals surface area contributed by atoms with Gasteiger partial charge in [-0.3, -0.25) is 19.9 Å². The molecule has 0 bridgehead atoms. The Morgan fingerprint density at radius 1 is 1.23 bits per heavy atom. The number of methoxy groups -OCH3 is 1. The number of carbonyl (C=O) groups is 2. The number of guanidine groups is 1. The van der Waals surface area contributed by atoms with Gasteiger partial charge in [-0.05, 0) is 50.0 Å². The lowest BCUT2D eigenvalue weighted by atomic mass is 9.74. The summed E-state index contributed by atoms with van der Waals surface area (Å²) in [4.78, 5) is 31.7. The zero-order valence-corrected chi connectivity index (χ0v) is 21.6. The maximum Gasteiger partial charge on any atom is 0.254 e. The Morgan fingerprint density at radius 2 is 1.97 bits per heavy atom. The van der Waals surface area contributed by atoms with Crippen molar-refractivity contribution in [2.45, 2.75) is 88.6 Å². The summed E-state index contributed by atoms with van der Waals surface area (Å²) in [7, 11) is 3.18. The SMILES string of the molecule is COc1cc(C(=O)NC2CCC[C@H](C[C@@]3(CCC4CCCCC4)NC(=N)N(C)C3=O)C2)cc(Cl)n1. The first-order valence-electron chi connectivity index (χ1n) is 13.0. The smallest absolute Gasteiger partial charge is 0.254 e.